The summed E-state index contributed by atoms with van der Waals surface area (Å²) in [6.07, 6.45) is 0. The Labute approximate surface area is 122 Å². The minimum Gasteiger partial charge on any atom is -0.335 e. The first-order valence-electron chi connectivity index (χ1n) is 6.21. The number of benzene rings is 1. The van der Waals surface area contributed by atoms with E-state index in [2.05, 4.69) is 61.1 Å². The van der Waals surface area contributed by atoms with Gasteiger partial charge in [0.1, 0.15) is 0 Å². The molecule has 1 atom stereocenters. The van der Waals surface area contributed by atoms with E-state index >= 15 is 0 Å². The summed E-state index contributed by atoms with van der Waals surface area (Å²) in [6, 6.07) is 4.77. The molecule has 0 fully saturated rings. The predicted octanol–water partition coefficient (Wildman–Crippen LogP) is 4.61. The molecule has 0 aromatic heterocycles. The van der Waals surface area contributed by atoms with Crippen LogP contribution in [-0.2, 0) is 0 Å². The van der Waals surface area contributed by atoms with Gasteiger partial charge in [0.05, 0.1) is 6.04 Å². The van der Waals surface area contributed by atoms with E-state index in [0.717, 1.165) is 16.6 Å². The molecule has 0 saturated heterocycles. The van der Waals surface area contributed by atoms with Gasteiger partial charge in [0.2, 0.25) is 0 Å². The highest BCUT2D eigenvalue weighted by molar-refractivity contribution is 9.10. The number of aryl methyl sites for hydroxylation is 2. The number of halogens is 1. The summed E-state index contributed by atoms with van der Waals surface area (Å²) in [7, 11) is 0. The van der Waals surface area contributed by atoms with Gasteiger partial charge in [-0.15, -0.1) is 0 Å². The molecule has 4 heteroatoms. The topological polar surface area (TPSA) is 24.4 Å². The Kier molecular flexibility index (Phi) is 4.38. The molecule has 0 aliphatic carbocycles. The van der Waals surface area contributed by atoms with Crippen LogP contribution in [-0.4, -0.2) is 17.0 Å². The van der Waals surface area contributed by atoms with E-state index in [-0.39, 0.29) is 0 Å². The second-order valence-electron chi connectivity index (χ2n) is 5.11. The Hall–Kier alpha value is -0.480. The number of hydrogen-bond acceptors (Lipinski definition) is 3. The van der Waals surface area contributed by atoms with Crippen molar-refractivity contribution in [2.75, 3.05) is 11.1 Å². The second kappa shape index (κ2) is 5.66. The smallest absolute Gasteiger partial charge is 0.161 e. The molecule has 98 valence electrons. The largest absolute Gasteiger partial charge is 0.335 e. The molecule has 1 aliphatic rings. The maximum atomic E-state index is 4.72. The second-order valence-corrected chi connectivity index (χ2v) is 6.91. The van der Waals surface area contributed by atoms with Gasteiger partial charge in [0, 0.05) is 15.9 Å². The van der Waals surface area contributed by atoms with Crippen LogP contribution >= 0.6 is 27.7 Å². The van der Waals surface area contributed by atoms with Gasteiger partial charge in [-0.05, 0) is 43.0 Å². The van der Waals surface area contributed by atoms with Gasteiger partial charge in [-0.25, -0.2) is 0 Å². The van der Waals surface area contributed by atoms with Crippen LogP contribution in [0.1, 0.15) is 25.0 Å². The fraction of sp³-hybridized carbons (Fsp3) is 0.500. The molecule has 2 rings (SSSR count). The fourth-order valence-electron chi connectivity index (χ4n) is 1.94. The van der Waals surface area contributed by atoms with Crippen LogP contribution in [0, 0.1) is 19.8 Å². The zero-order valence-corrected chi connectivity index (χ0v) is 13.7. The van der Waals surface area contributed by atoms with Crippen LogP contribution < -0.4 is 5.32 Å². The van der Waals surface area contributed by atoms with E-state index in [1.54, 1.807) is 0 Å². The summed E-state index contributed by atoms with van der Waals surface area (Å²) in [4.78, 5) is 4.72. The third-order valence-corrected chi connectivity index (χ3v) is 5.37. The first kappa shape index (κ1) is 13.9. The van der Waals surface area contributed by atoms with E-state index in [1.165, 1.54) is 15.6 Å². The highest BCUT2D eigenvalue weighted by Gasteiger charge is 2.21. The molecule has 0 bridgehead atoms. The van der Waals surface area contributed by atoms with Gasteiger partial charge in [-0.3, -0.25) is 4.99 Å². The molecule has 0 saturated carbocycles. The average Bonchev–Trinajstić information content (AvgIpc) is 2.74. The maximum absolute atomic E-state index is 4.72. The first-order valence-corrected chi connectivity index (χ1v) is 7.99. The number of nitrogens with one attached hydrogen (secondary N) is 1. The lowest BCUT2D eigenvalue weighted by molar-refractivity contribution is 0.543. The first-order chi connectivity index (χ1) is 8.47. The highest BCUT2D eigenvalue weighted by Crippen LogP contribution is 2.28. The molecule has 0 spiro atoms. The Morgan fingerprint density at radius 1 is 1.33 bits per heavy atom. The maximum Gasteiger partial charge on any atom is 0.161 e. The Bertz CT molecular complexity index is 460. The van der Waals surface area contributed by atoms with Crippen molar-refractivity contribution in [2.45, 2.75) is 33.7 Å². The van der Waals surface area contributed by atoms with Crippen molar-refractivity contribution in [1.82, 2.24) is 0 Å². The summed E-state index contributed by atoms with van der Waals surface area (Å²) in [5, 5.41) is 4.48. The Morgan fingerprint density at radius 2 is 1.94 bits per heavy atom. The monoisotopic (exact) mass is 326 g/mol. The molecular weight excluding hydrogens is 308 g/mol. The predicted molar refractivity (Wildman–Crippen MR) is 85.8 cm³/mol. The van der Waals surface area contributed by atoms with Gasteiger partial charge < -0.3 is 5.32 Å². The lowest BCUT2D eigenvalue weighted by Gasteiger charge is -2.10. The van der Waals surface area contributed by atoms with E-state index in [4.69, 9.17) is 4.99 Å². The summed E-state index contributed by atoms with van der Waals surface area (Å²) in [5.74, 6) is 1.71. The number of nitrogens with zero attached hydrogens (tertiary/aromatic N) is 1. The van der Waals surface area contributed by atoms with Crippen LogP contribution in [0.4, 0.5) is 5.69 Å². The summed E-state index contributed by atoms with van der Waals surface area (Å²) >= 11 is 5.41. The lowest BCUT2D eigenvalue weighted by Crippen LogP contribution is -2.12. The van der Waals surface area contributed by atoms with Crippen LogP contribution in [0.15, 0.2) is 21.6 Å². The van der Waals surface area contributed by atoms with Crippen LogP contribution in [0.3, 0.4) is 0 Å². The van der Waals surface area contributed by atoms with Crippen molar-refractivity contribution in [3.05, 3.63) is 27.7 Å². The molecule has 0 radical (unpaired) electrons. The van der Waals surface area contributed by atoms with E-state index in [9.17, 15) is 0 Å². The van der Waals surface area contributed by atoms with Gasteiger partial charge in [0.15, 0.2) is 5.17 Å². The number of amidine groups is 1. The molecule has 0 amide bonds. The standard InChI is InChI=1S/C14H19BrN2S/c1-8(2)12-7-18-14(17-12)16-11-5-9(3)13(15)10(4)6-11/h5-6,8,12H,7H2,1-4H3,(H,16,17). The highest BCUT2D eigenvalue weighted by atomic mass is 79.9. The SMILES string of the molecule is Cc1cc(NC2=NC(C(C)C)CS2)cc(C)c1Br. The number of rotatable bonds is 2. The van der Waals surface area contributed by atoms with Gasteiger partial charge in [-0.2, -0.15) is 0 Å². The minimum absolute atomic E-state index is 0.454. The van der Waals surface area contributed by atoms with Crippen LogP contribution in [0.2, 0.25) is 0 Å². The van der Waals surface area contributed by atoms with Crippen molar-refractivity contribution < 1.29 is 0 Å². The van der Waals surface area contributed by atoms with Gasteiger partial charge >= 0.3 is 0 Å². The van der Waals surface area contributed by atoms with Crippen LogP contribution in [0.5, 0.6) is 0 Å². The molecule has 1 unspecified atom stereocenters. The van der Waals surface area contributed by atoms with Crippen LogP contribution in [0.25, 0.3) is 0 Å². The summed E-state index contributed by atoms with van der Waals surface area (Å²) < 4.78 is 1.19. The molecule has 1 aromatic carbocycles. The molecule has 1 heterocycles. The normalized spacial score (nSPS) is 19.2. The van der Waals surface area contributed by atoms with E-state index < -0.39 is 0 Å². The quantitative estimate of drug-likeness (QED) is 0.858. The summed E-state index contributed by atoms with van der Waals surface area (Å²) in [5.41, 5.74) is 3.63. The molecule has 1 N–H and O–H groups in total. The average molecular weight is 327 g/mol. The zero-order valence-electron chi connectivity index (χ0n) is 11.2. The third-order valence-electron chi connectivity index (χ3n) is 3.13. The van der Waals surface area contributed by atoms with Crippen molar-refractivity contribution in [2.24, 2.45) is 10.9 Å². The number of anilines is 1. The zero-order chi connectivity index (χ0) is 13.3. The Balaban J connectivity index is 2.13. The Morgan fingerprint density at radius 3 is 2.44 bits per heavy atom. The van der Waals surface area contributed by atoms with E-state index in [0.29, 0.717) is 12.0 Å². The lowest BCUT2D eigenvalue weighted by atomic mass is 10.1. The number of thioether (sulfide) groups is 1. The van der Waals surface area contributed by atoms with Gasteiger partial charge in [0.25, 0.3) is 0 Å². The van der Waals surface area contributed by atoms with Crippen molar-refractivity contribution in [3.63, 3.8) is 0 Å². The molecule has 1 aliphatic heterocycles. The van der Waals surface area contributed by atoms with Crippen molar-refractivity contribution in [1.29, 1.82) is 0 Å². The third kappa shape index (κ3) is 3.09. The van der Waals surface area contributed by atoms with Crippen molar-refractivity contribution in [3.8, 4) is 0 Å². The molecule has 2 nitrogen and oxygen atoms in total. The molecule has 18 heavy (non-hydrogen) atoms. The number of aliphatic imine (C=N–C) groups is 1. The van der Waals surface area contributed by atoms with E-state index in [1.807, 2.05) is 11.8 Å². The minimum atomic E-state index is 0.454. The molecular formula is C14H19BrN2S. The summed E-state index contributed by atoms with van der Waals surface area (Å²) in [6.45, 7) is 8.68. The molecule has 1 aromatic rings. The van der Waals surface area contributed by atoms with Crippen molar-refractivity contribution >= 4 is 38.5 Å². The van der Waals surface area contributed by atoms with Gasteiger partial charge in [-0.1, -0.05) is 41.5 Å². The number of hydrogen-bond donors (Lipinski definition) is 1. The fourth-order valence-corrected chi connectivity index (χ4v) is 3.36.